The van der Waals surface area contributed by atoms with Crippen LogP contribution in [0, 0.1) is 12.8 Å². The number of amides is 2. The second-order valence-electron chi connectivity index (χ2n) is 8.30. The molecule has 2 saturated heterocycles. The summed E-state index contributed by atoms with van der Waals surface area (Å²) in [6.07, 6.45) is 0.126. The van der Waals surface area contributed by atoms with E-state index in [-0.39, 0.29) is 55.1 Å². The van der Waals surface area contributed by atoms with Gasteiger partial charge in [-0.2, -0.15) is 4.31 Å². The van der Waals surface area contributed by atoms with Gasteiger partial charge in [0.15, 0.2) is 0 Å². The lowest BCUT2D eigenvalue weighted by molar-refractivity contribution is -0.136. The van der Waals surface area contributed by atoms with Crippen molar-refractivity contribution in [2.45, 2.75) is 18.2 Å². The minimum atomic E-state index is -3.87. The van der Waals surface area contributed by atoms with Crippen molar-refractivity contribution >= 4 is 27.5 Å². The fraction of sp³-hybridized carbons (Fsp3) is 0.391. The second kappa shape index (κ2) is 9.03. The van der Waals surface area contributed by atoms with Gasteiger partial charge >= 0.3 is 0 Å². The summed E-state index contributed by atoms with van der Waals surface area (Å²) in [6, 6.07) is 11.6. The minimum absolute atomic E-state index is 0.116. The molecule has 9 nitrogen and oxygen atoms in total. The third kappa shape index (κ3) is 4.53. The maximum absolute atomic E-state index is 13.1. The molecule has 10 heteroatoms. The standard InChI is InChI=1S/C23H27N3O6S/c1-16-3-8-20(27)21(13-16)33(30,31)25-11-9-24(10-12-25)23(29)17-14-22(28)26(15-17)18-4-6-19(32-2)7-5-18/h3-8,13,17,27H,9-12,14-15H2,1-2H3. The lowest BCUT2D eigenvalue weighted by atomic mass is 10.1. The zero-order valence-corrected chi connectivity index (χ0v) is 19.4. The van der Waals surface area contributed by atoms with Crippen molar-refractivity contribution in [1.29, 1.82) is 0 Å². The van der Waals surface area contributed by atoms with Gasteiger partial charge in [-0.05, 0) is 48.9 Å². The molecule has 2 aliphatic rings. The van der Waals surface area contributed by atoms with E-state index in [4.69, 9.17) is 4.74 Å². The first-order chi connectivity index (χ1) is 15.7. The molecule has 2 aromatic rings. The number of methoxy groups -OCH3 is 1. The summed E-state index contributed by atoms with van der Waals surface area (Å²) in [5, 5.41) is 10.0. The summed E-state index contributed by atoms with van der Waals surface area (Å²) in [4.78, 5) is 28.7. The van der Waals surface area contributed by atoms with E-state index in [1.807, 2.05) is 0 Å². The van der Waals surface area contributed by atoms with Crippen LogP contribution in [-0.2, 0) is 19.6 Å². The number of carbonyl (C=O) groups is 2. The second-order valence-corrected chi connectivity index (χ2v) is 10.2. The highest BCUT2D eigenvalue weighted by Gasteiger charge is 2.39. The molecule has 176 valence electrons. The molecule has 1 unspecified atom stereocenters. The molecule has 0 bridgehead atoms. The molecular formula is C23H27N3O6S. The van der Waals surface area contributed by atoms with E-state index in [1.54, 1.807) is 54.2 Å². The van der Waals surface area contributed by atoms with E-state index in [0.29, 0.717) is 18.0 Å². The first-order valence-corrected chi connectivity index (χ1v) is 12.2. The number of hydrogen-bond donors (Lipinski definition) is 1. The highest BCUT2D eigenvalue weighted by Crippen LogP contribution is 2.30. The molecular weight excluding hydrogens is 446 g/mol. The van der Waals surface area contributed by atoms with Gasteiger partial charge in [-0.25, -0.2) is 8.42 Å². The molecule has 2 heterocycles. The number of benzene rings is 2. The highest BCUT2D eigenvalue weighted by atomic mass is 32.2. The number of rotatable bonds is 5. The van der Waals surface area contributed by atoms with Crippen molar-refractivity contribution in [3.8, 4) is 11.5 Å². The number of anilines is 1. The average Bonchev–Trinajstić information content (AvgIpc) is 3.21. The normalized spacial score (nSPS) is 19.7. The van der Waals surface area contributed by atoms with Gasteiger partial charge in [-0.15, -0.1) is 0 Å². The Balaban J connectivity index is 1.39. The van der Waals surface area contributed by atoms with Gasteiger partial charge in [0.25, 0.3) is 0 Å². The maximum Gasteiger partial charge on any atom is 0.246 e. The van der Waals surface area contributed by atoms with Crippen LogP contribution in [0.5, 0.6) is 11.5 Å². The number of aromatic hydroxyl groups is 1. The first-order valence-electron chi connectivity index (χ1n) is 10.7. The number of sulfonamides is 1. The third-order valence-electron chi connectivity index (χ3n) is 6.14. The molecule has 2 fully saturated rings. The molecule has 1 N–H and O–H groups in total. The number of piperazine rings is 1. The van der Waals surface area contributed by atoms with Crippen LogP contribution in [0.3, 0.4) is 0 Å². The van der Waals surface area contributed by atoms with Crippen molar-refractivity contribution < 1.29 is 27.9 Å². The number of hydrogen-bond acceptors (Lipinski definition) is 6. The SMILES string of the molecule is COc1ccc(N2CC(C(=O)N3CCN(S(=O)(=O)c4cc(C)ccc4O)CC3)CC2=O)cc1. The van der Waals surface area contributed by atoms with Crippen molar-refractivity contribution in [3.63, 3.8) is 0 Å². The zero-order chi connectivity index (χ0) is 23.8. The van der Waals surface area contributed by atoms with Crippen LogP contribution in [0.4, 0.5) is 5.69 Å². The first kappa shape index (κ1) is 23.1. The molecule has 4 rings (SSSR count). The summed E-state index contributed by atoms with van der Waals surface area (Å²) in [5.41, 5.74) is 1.44. The maximum atomic E-state index is 13.1. The van der Waals surface area contributed by atoms with E-state index in [1.165, 1.54) is 16.4 Å². The molecule has 2 amide bonds. The van der Waals surface area contributed by atoms with E-state index >= 15 is 0 Å². The van der Waals surface area contributed by atoms with E-state index in [9.17, 15) is 23.1 Å². The smallest absolute Gasteiger partial charge is 0.246 e. The Morgan fingerprint density at radius 3 is 2.36 bits per heavy atom. The largest absolute Gasteiger partial charge is 0.507 e. The Kier molecular flexibility index (Phi) is 6.31. The lowest BCUT2D eigenvalue weighted by Gasteiger charge is -2.35. The van der Waals surface area contributed by atoms with E-state index < -0.39 is 15.9 Å². The Labute approximate surface area is 193 Å². The molecule has 33 heavy (non-hydrogen) atoms. The van der Waals surface area contributed by atoms with Crippen LogP contribution in [0.2, 0.25) is 0 Å². The van der Waals surface area contributed by atoms with Crippen LogP contribution in [0.15, 0.2) is 47.4 Å². The van der Waals surface area contributed by atoms with Crippen molar-refractivity contribution in [2.24, 2.45) is 5.92 Å². The lowest BCUT2D eigenvalue weighted by Crippen LogP contribution is -2.52. The van der Waals surface area contributed by atoms with Crippen LogP contribution < -0.4 is 9.64 Å². The monoisotopic (exact) mass is 473 g/mol. The van der Waals surface area contributed by atoms with E-state index in [0.717, 1.165) is 5.56 Å². The Morgan fingerprint density at radius 1 is 1.06 bits per heavy atom. The Bertz CT molecular complexity index is 1160. The molecule has 0 spiro atoms. The van der Waals surface area contributed by atoms with Gasteiger partial charge in [-0.3, -0.25) is 9.59 Å². The number of nitrogens with zero attached hydrogens (tertiary/aromatic N) is 3. The molecule has 2 aromatic carbocycles. The van der Waals surface area contributed by atoms with Crippen LogP contribution in [-0.4, -0.2) is 74.4 Å². The van der Waals surface area contributed by atoms with Gasteiger partial charge in [0.2, 0.25) is 21.8 Å². The summed E-state index contributed by atoms with van der Waals surface area (Å²) >= 11 is 0. The molecule has 2 aliphatic heterocycles. The summed E-state index contributed by atoms with van der Waals surface area (Å²) in [6.45, 7) is 2.78. The van der Waals surface area contributed by atoms with Gasteiger partial charge in [-0.1, -0.05) is 6.07 Å². The summed E-state index contributed by atoms with van der Waals surface area (Å²) < 4.78 is 32.4. The number of phenols is 1. The van der Waals surface area contributed by atoms with Crippen molar-refractivity contribution in [1.82, 2.24) is 9.21 Å². The molecule has 1 atom stereocenters. The van der Waals surface area contributed by atoms with Crippen LogP contribution in [0.25, 0.3) is 0 Å². The molecule has 0 saturated carbocycles. The Morgan fingerprint density at radius 2 is 1.73 bits per heavy atom. The fourth-order valence-corrected chi connectivity index (χ4v) is 5.85. The summed E-state index contributed by atoms with van der Waals surface area (Å²) in [7, 11) is -2.30. The third-order valence-corrected chi connectivity index (χ3v) is 8.07. The van der Waals surface area contributed by atoms with Gasteiger partial charge in [0, 0.05) is 44.8 Å². The quantitative estimate of drug-likeness (QED) is 0.707. The topological polar surface area (TPSA) is 107 Å². The zero-order valence-electron chi connectivity index (χ0n) is 18.6. The van der Waals surface area contributed by atoms with E-state index in [2.05, 4.69) is 0 Å². The molecule has 0 aliphatic carbocycles. The Hall–Kier alpha value is -3.11. The van der Waals surface area contributed by atoms with Crippen molar-refractivity contribution in [3.05, 3.63) is 48.0 Å². The predicted molar refractivity (Wildman–Crippen MR) is 122 cm³/mol. The minimum Gasteiger partial charge on any atom is -0.507 e. The number of phenolic OH excluding ortho intramolecular Hbond substituents is 1. The number of ether oxygens (including phenoxy) is 1. The van der Waals surface area contributed by atoms with Gasteiger partial charge in [0.05, 0.1) is 13.0 Å². The van der Waals surface area contributed by atoms with Crippen molar-refractivity contribution in [2.75, 3.05) is 44.7 Å². The molecule has 0 radical (unpaired) electrons. The van der Waals surface area contributed by atoms with Gasteiger partial charge in [0.1, 0.15) is 16.4 Å². The van der Waals surface area contributed by atoms with Gasteiger partial charge < -0.3 is 19.6 Å². The summed E-state index contributed by atoms with van der Waals surface area (Å²) in [5.74, 6) is -0.333. The van der Waals surface area contributed by atoms with Crippen LogP contribution in [0.1, 0.15) is 12.0 Å². The average molecular weight is 474 g/mol. The predicted octanol–water partition coefficient (Wildman–Crippen LogP) is 1.60. The van der Waals surface area contributed by atoms with Crippen LogP contribution >= 0.6 is 0 Å². The molecule has 0 aromatic heterocycles. The fourth-order valence-electron chi connectivity index (χ4n) is 4.26. The number of aryl methyl sites for hydroxylation is 1. The number of carbonyl (C=O) groups excluding carboxylic acids is 2. The highest BCUT2D eigenvalue weighted by molar-refractivity contribution is 7.89.